The second kappa shape index (κ2) is 5.30. The van der Waals surface area contributed by atoms with Crippen LogP contribution in [0.4, 0.5) is 0 Å². The minimum absolute atomic E-state index is 0.500. The van der Waals surface area contributed by atoms with E-state index in [1.165, 1.54) is 16.4 Å². The second-order valence-electron chi connectivity index (χ2n) is 2.71. The third kappa shape index (κ3) is 3.45. The summed E-state index contributed by atoms with van der Waals surface area (Å²) in [5, 5.41) is 0. The minimum Gasteiger partial charge on any atom is -0.207 e. The van der Waals surface area contributed by atoms with Crippen LogP contribution in [0.15, 0.2) is 33.6 Å². The van der Waals surface area contributed by atoms with Gasteiger partial charge in [0.15, 0.2) is 5.82 Å². The molecule has 0 saturated carbocycles. The molecule has 1 aromatic carbocycles. The molecule has 0 bridgehead atoms. The Hall–Kier alpha value is -0.100. The highest BCUT2D eigenvalue weighted by atomic mass is 79.9. The van der Waals surface area contributed by atoms with Crippen molar-refractivity contribution >= 4 is 50.8 Å². The van der Waals surface area contributed by atoms with E-state index in [0.29, 0.717) is 4.47 Å². The molecule has 0 atom stereocenters. The van der Waals surface area contributed by atoms with Gasteiger partial charge in [-0.2, -0.15) is 4.37 Å². The highest BCUT2D eigenvalue weighted by molar-refractivity contribution is 9.10. The van der Waals surface area contributed by atoms with Crippen LogP contribution in [-0.4, -0.2) is 9.36 Å². The summed E-state index contributed by atoms with van der Waals surface area (Å²) in [7, 11) is 0. The predicted octanol–water partition coefficient (Wildman–Crippen LogP) is 4.25. The molecule has 78 valence electrons. The fraction of sp³-hybridized carbons (Fsp3) is 0.111. The van der Waals surface area contributed by atoms with Crippen molar-refractivity contribution in [1.82, 2.24) is 9.36 Å². The van der Waals surface area contributed by atoms with Gasteiger partial charge in [-0.15, -0.1) is 11.8 Å². The molecule has 6 heteroatoms. The quantitative estimate of drug-likeness (QED) is 0.791. The van der Waals surface area contributed by atoms with E-state index < -0.39 is 0 Å². The maximum absolute atomic E-state index is 5.70. The fourth-order valence-electron chi connectivity index (χ4n) is 0.996. The van der Waals surface area contributed by atoms with E-state index in [-0.39, 0.29) is 0 Å². The molecule has 2 nitrogen and oxygen atoms in total. The van der Waals surface area contributed by atoms with Crippen LogP contribution in [-0.2, 0) is 5.75 Å². The SMILES string of the molecule is Clc1nc(CSc2cccc(Br)c2)ns1. The Kier molecular flexibility index (Phi) is 4.02. The van der Waals surface area contributed by atoms with Crippen molar-refractivity contribution in [2.75, 3.05) is 0 Å². The predicted molar refractivity (Wildman–Crippen MR) is 68.6 cm³/mol. The van der Waals surface area contributed by atoms with Crippen molar-refractivity contribution < 1.29 is 0 Å². The van der Waals surface area contributed by atoms with Gasteiger partial charge in [-0.3, -0.25) is 0 Å². The Morgan fingerprint density at radius 2 is 2.33 bits per heavy atom. The second-order valence-corrected chi connectivity index (χ2v) is 6.01. The molecular weight excluding hydrogens is 316 g/mol. The Morgan fingerprint density at radius 3 is 3.00 bits per heavy atom. The topological polar surface area (TPSA) is 25.8 Å². The molecule has 0 spiro atoms. The molecule has 0 radical (unpaired) electrons. The molecule has 0 N–H and O–H groups in total. The highest BCUT2D eigenvalue weighted by Crippen LogP contribution is 2.25. The van der Waals surface area contributed by atoms with Gasteiger partial charge in [-0.05, 0) is 41.3 Å². The molecule has 0 aliphatic rings. The first-order valence-corrected chi connectivity index (χ1v) is 7.03. The largest absolute Gasteiger partial charge is 0.207 e. The lowest BCUT2D eigenvalue weighted by Crippen LogP contribution is -1.82. The molecule has 0 unspecified atom stereocenters. The van der Waals surface area contributed by atoms with Crippen LogP contribution in [0, 0.1) is 0 Å². The Labute approximate surface area is 109 Å². The Balaban J connectivity index is 1.99. The van der Waals surface area contributed by atoms with Gasteiger partial charge in [0.25, 0.3) is 0 Å². The van der Waals surface area contributed by atoms with E-state index in [4.69, 9.17) is 11.6 Å². The van der Waals surface area contributed by atoms with E-state index >= 15 is 0 Å². The minimum atomic E-state index is 0.500. The normalized spacial score (nSPS) is 10.5. The summed E-state index contributed by atoms with van der Waals surface area (Å²) in [6.07, 6.45) is 0. The van der Waals surface area contributed by atoms with E-state index in [1.807, 2.05) is 12.1 Å². The first kappa shape index (κ1) is 11.4. The molecule has 2 rings (SSSR count). The van der Waals surface area contributed by atoms with Gasteiger partial charge < -0.3 is 0 Å². The number of benzene rings is 1. The maximum atomic E-state index is 5.70. The molecule has 1 aromatic heterocycles. The number of hydrogen-bond acceptors (Lipinski definition) is 4. The van der Waals surface area contributed by atoms with E-state index in [2.05, 4.69) is 37.4 Å². The molecule has 15 heavy (non-hydrogen) atoms. The summed E-state index contributed by atoms with van der Waals surface area (Å²) in [5.41, 5.74) is 0. The third-order valence-electron chi connectivity index (χ3n) is 1.61. The van der Waals surface area contributed by atoms with Gasteiger partial charge >= 0.3 is 0 Å². The van der Waals surface area contributed by atoms with Crippen LogP contribution >= 0.6 is 50.8 Å². The zero-order valence-electron chi connectivity index (χ0n) is 7.48. The van der Waals surface area contributed by atoms with Crippen molar-refractivity contribution in [3.8, 4) is 0 Å². The molecular formula is C9H6BrClN2S2. The lowest BCUT2D eigenvalue weighted by atomic mass is 10.4. The summed E-state index contributed by atoms with van der Waals surface area (Å²) in [6.45, 7) is 0. The van der Waals surface area contributed by atoms with Crippen LogP contribution in [0.5, 0.6) is 0 Å². The van der Waals surface area contributed by atoms with E-state index in [9.17, 15) is 0 Å². The van der Waals surface area contributed by atoms with Crippen molar-refractivity contribution in [3.05, 3.63) is 39.0 Å². The van der Waals surface area contributed by atoms with Gasteiger partial charge in [-0.25, -0.2) is 4.98 Å². The molecule has 0 fully saturated rings. The van der Waals surface area contributed by atoms with Crippen LogP contribution in [0.2, 0.25) is 4.47 Å². The van der Waals surface area contributed by atoms with Gasteiger partial charge in [0.05, 0.1) is 5.75 Å². The van der Waals surface area contributed by atoms with Crippen LogP contribution < -0.4 is 0 Å². The first-order chi connectivity index (χ1) is 7.24. The summed E-state index contributed by atoms with van der Waals surface area (Å²) < 4.78 is 5.70. The third-order valence-corrected chi connectivity index (χ3v) is 3.93. The number of rotatable bonds is 3. The highest BCUT2D eigenvalue weighted by Gasteiger charge is 2.02. The zero-order valence-corrected chi connectivity index (χ0v) is 11.5. The summed E-state index contributed by atoms with van der Waals surface area (Å²) in [6, 6.07) is 8.14. The Bertz CT molecular complexity index is 461. The Morgan fingerprint density at radius 1 is 1.47 bits per heavy atom. The summed E-state index contributed by atoms with van der Waals surface area (Å²) in [4.78, 5) is 5.28. The lowest BCUT2D eigenvalue weighted by Gasteiger charge is -1.98. The standard InChI is InChI=1S/C9H6BrClN2S2/c10-6-2-1-3-7(4-6)14-5-8-12-9(11)15-13-8/h1-4H,5H2. The zero-order chi connectivity index (χ0) is 10.7. The van der Waals surface area contributed by atoms with Gasteiger partial charge in [0, 0.05) is 9.37 Å². The molecule has 0 aliphatic heterocycles. The number of thioether (sulfide) groups is 1. The fourth-order valence-corrected chi connectivity index (χ4v) is 3.07. The summed E-state index contributed by atoms with van der Waals surface area (Å²) in [5.74, 6) is 1.54. The molecule has 0 aliphatic carbocycles. The van der Waals surface area contributed by atoms with Gasteiger partial charge in [0.2, 0.25) is 4.47 Å². The van der Waals surface area contributed by atoms with Crippen LogP contribution in [0.3, 0.4) is 0 Å². The number of hydrogen-bond donors (Lipinski definition) is 0. The van der Waals surface area contributed by atoms with Gasteiger partial charge in [0.1, 0.15) is 0 Å². The van der Waals surface area contributed by atoms with E-state index in [0.717, 1.165) is 16.0 Å². The smallest absolute Gasteiger partial charge is 0.203 e. The number of halogens is 2. The average Bonchev–Trinajstić information content (AvgIpc) is 2.62. The summed E-state index contributed by atoms with van der Waals surface area (Å²) >= 11 is 12.0. The molecule has 0 saturated heterocycles. The van der Waals surface area contributed by atoms with Gasteiger partial charge in [-0.1, -0.05) is 22.0 Å². The molecule has 0 amide bonds. The number of nitrogens with zero attached hydrogens (tertiary/aromatic N) is 2. The van der Waals surface area contributed by atoms with E-state index in [1.54, 1.807) is 11.8 Å². The van der Waals surface area contributed by atoms with Crippen molar-refractivity contribution in [2.45, 2.75) is 10.6 Å². The van der Waals surface area contributed by atoms with Crippen LogP contribution in [0.1, 0.15) is 5.82 Å². The van der Waals surface area contributed by atoms with Crippen molar-refractivity contribution in [3.63, 3.8) is 0 Å². The van der Waals surface area contributed by atoms with Crippen molar-refractivity contribution in [2.24, 2.45) is 0 Å². The maximum Gasteiger partial charge on any atom is 0.203 e. The molecule has 1 heterocycles. The molecule has 2 aromatic rings. The lowest BCUT2D eigenvalue weighted by molar-refractivity contribution is 1.14. The van der Waals surface area contributed by atoms with Crippen molar-refractivity contribution in [1.29, 1.82) is 0 Å². The first-order valence-electron chi connectivity index (χ1n) is 4.10. The monoisotopic (exact) mass is 320 g/mol. The van der Waals surface area contributed by atoms with Crippen LogP contribution in [0.25, 0.3) is 0 Å². The average molecular weight is 322 g/mol. The number of aromatic nitrogens is 2.